The lowest BCUT2D eigenvalue weighted by Gasteiger charge is -2.39. The number of amides is 2. The zero-order valence-corrected chi connectivity index (χ0v) is 18.6. The van der Waals surface area contributed by atoms with Gasteiger partial charge >= 0.3 is 6.03 Å². The number of carbonyl (C=O) groups excluding carboxylic acids is 1. The van der Waals surface area contributed by atoms with Gasteiger partial charge in [-0.05, 0) is 56.0 Å². The van der Waals surface area contributed by atoms with Crippen LogP contribution < -0.4 is 15.4 Å². The van der Waals surface area contributed by atoms with Crippen LogP contribution in [-0.4, -0.2) is 44.5 Å². The molecule has 8 heteroatoms. The van der Waals surface area contributed by atoms with E-state index in [1.54, 1.807) is 18.2 Å². The molecule has 31 heavy (non-hydrogen) atoms. The first kappa shape index (κ1) is 21.8. The van der Waals surface area contributed by atoms with Gasteiger partial charge in [0, 0.05) is 31.2 Å². The Bertz CT molecular complexity index is 998. The summed E-state index contributed by atoms with van der Waals surface area (Å²) in [4.78, 5) is 15.3. The zero-order chi connectivity index (χ0) is 21.8. The number of benzene rings is 2. The maximum absolute atomic E-state index is 12.5. The molecule has 2 aromatic rings. The smallest absolute Gasteiger partial charge is 0.315 e. The van der Waals surface area contributed by atoms with E-state index >= 15 is 0 Å². The average Bonchev–Trinajstić information content (AvgIpc) is 3.01. The van der Waals surface area contributed by atoms with E-state index in [1.807, 2.05) is 6.07 Å². The second-order valence-corrected chi connectivity index (χ2v) is 10.3. The average molecular weight is 443 g/mol. The van der Waals surface area contributed by atoms with Crippen molar-refractivity contribution in [1.82, 2.24) is 20.3 Å². The molecule has 2 fully saturated rings. The molecule has 0 radical (unpaired) electrons. The van der Waals surface area contributed by atoms with Gasteiger partial charge in [0.25, 0.3) is 0 Å². The molecular weight excluding hydrogens is 412 g/mol. The van der Waals surface area contributed by atoms with Gasteiger partial charge in [0.05, 0.1) is 4.90 Å². The topological polar surface area (TPSA) is 90.5 Å². The van der Waals surface area contributed by atoms with E-state index in [0.29, 0.717) is 12.1 Å². The summed E-state index contributed by atoms with van der Waals surface area (Å²) in [5, 5.41) is 5.99. The minimum atomic E-state index is -3.50. The third-order valence-corrected chi connectivity index (χ3v) is 7.77. The lowest BCUT2D eigenvalue weighted by atomic mass is 9.96. The van der Waals surface area contributed by atoms with Gasteiger partial charge in [-0.1, -0.05) is 42.5 Å². The highest BCUT2D eigenvalue weighted by molar-refractivity contribution is 7.89. The number of carbonyl (C=O) groups is 1. The number of piperidine rings is 1. The molecule has 166 valence electrons. The van der Waals surface area contributed by atoms with Crippen molar-refractivity contribution >= 4 is 16.1 Å². The molecule has 0 spiro atoms. The van der Waals surface area contributed by atoms with Crippen LogP contribution >= 0.6 is 0 Å². The maximum atomic E-state index is 12.5. The molecule has 2 aliphatic heterocycles. The summed E-state index contributed by atoms with van der Waals surface area (Å²) in [6.07, 6.45) is 4.30. The summed E-state index contributed by atoms with van der Waals surface area (Å²) in [7, 11) is -2.12. The van der Waals surface area contributed by atoms with Crippen molar-refractivity contribution < 1.29 is 13.2 Å². The maximum Gasteiger partial charge on any atom is 0.315 e. The molecule has 2 saturated heterocycles. The molecule has 2 heterocycles. The highest BCUT2D eigenvalue weighted by Crippen LogP contribution is 2.36. The summed E-state index contributed by atoms with van der Waals surface area (Å²) in [5.74, 6) is 0. The first-order chi connectivity index (χ1) is 14.9. The van der Waals surface area contributed by atoms with Crippen molar-refractivity contribution in [1.29, 1.82) is 0 Å². The molecule has 2 unspecified atom stereocenters. The van der Waals surface area contributed by atoms with Crippen LogP contribution in [0.4, 0.5) is 4.79 Å². The summed E-state index contributed by atoms with van der Waals surface area (Å²) in [6, 6.07) is 18.1. The molecule has 2 amide bonds. The lowest BCUT2D eigenvalue weighted by Crippen LogP contribution is -2.51. The highest BCUT2D eigenvalue weighted by Gasteiger charge is 2.40. The normalized spacial score (nSPS) is 23.5. The molecular formula is C23H30N4O3S. The fraction of sp³-hybridized carbons (Fsp3) is 0.435. The Morgan fingerprint density at radius 1 is 1.00 bits per heavy atom. The zero-order valence-electron chi connectivity index (χ0n) is 17.8. The molecule has 0 saturated carbocycles. The van der Waals surface area contributed by atoms with E-state index in [9.17, 15) is 13.2 Å². The summed E-state index contributed by atoms with van der Waals surface area (Å²) in [6.45, 7) is 1.25. The molecule has 2 atom stereocenters. The Morgan fingerprint density at radius 3 is 2.35 bits per heavy atom. The van der Waals surface area contributed by atoms with Crippen molar-refractivity contribution in [3.63, 3.8) is 0 Å². The van der Waals surface area contributed by atoms with Gasteiger partial charge in [-0.2, -0.15) is 0 Å². The SMILES string of the molecule is CNS(=O)(=O)c1cccc(CNC(=O)NC2CC3CCC(C2)N3Cc2ccccc2)c1. The summed E-state index contributed by atoms with van der Waals surface area (Å²) in [5.41, 5.74) is 2.08. The molecule has 2 bridgehead atoms. The number of sulfonamides is 1. The molecule has 7 nitrogen and oxygen atoms in total. The van der Waals surface area contributed by atoms with E-state index in [1.165, 1.54) is 31.5 Å². The largest absolute Gasteiger partial charge is 0.335 e. The van der Waals surface area contributed by atoms with E-state index < -0.39 is 10.0 Å². The van der Waals surface area contributed by atoms with Crippen molar-refractivity contribution in [2.45, 2.75) is 61.8 Å². The molecule has 4 rings (SSSR count). The molecule has 0 aliphatic carbocycles. The minimum absolute atomic E-state index is 0.167. The number of hydrogen-bond donors (Lipinski definition) is 3. The van der Waals surface area contributed by atoms with Gasteiger partial charge in [0.2, 0.25) is 10.0 Å². The first-order valence-corrected chi connectivity index (χ1v) is 12.3. The Hall–Kier alpha value is -2.42. The number of fused-ring (bicyclic) bond motifs is 2. The van der Waals surface area contributed by atoms with Gasteiger partial charge in [-0.15, -0.1) is 0 Å². The fourth-order valence-electron chi connectivity index (χ4n) is 4.80. The van der Waals surface area contributed by atoms with Gasteiger partial charge in [0.1, 0.15) is 0 Å². The molecule has 3 N–H and O–H groups in total. The van der Waals surface area contributed by atoms with Crippen LogP contribution in [0.15, 0.2) is 59.5 Å². The van der Waals surface area contributed by atoms with Gasteiger partial charge in [0.15, 0.2) is 0 Å². The third-order valence-electron chi connectivity index (χ3n) is 6.36. The van der Waals surface area contributed by atoms with Crippen molar-refractivity contribution in [2.75, 3.05) is 7.05 Å². The quantitative estimate of drug-likeness (QED) is 0.615. The second kappa shape index (κ2) is 9.38. The van der Waals surface area contributed by atoms with E-state index in [2.05, 4.69) is 44.5 Å². The first-order valence-electron chi connectivity index (χ1n) is 10.8. The van der Waals surface area contributed by atoms with Crippen LogP contribution in [0.3, 0.4) is 0 Å². The Morgan fingerprint density at radius 2 is 1.68 bits per heavy atom. The minimum Gasteiger partial charge on any atom is -0.335 e. The number of hydrogen-bond acceptors (Lipinski definition) is 4. The number of rotatable bonds is 7. The van der Waals surface area contributed by atoms with Crippen LogP contribution in [0.5, 0.6) is 0 Å². The van der Waals surface area contributed by atoms with E-state index in [4.69, 9.17) is 0 Å². The monoisotopic (exact) mass is 442 g/mol. The van der Waals surface area contributed by atoms with E-state index in [-0.39, 0.29) is 23.5 Å². The Kier molecular flexibility index (Phi) is 6.60. The number of urea groups is 1. The lowest BCUT2D eigenvalue weighted by molar-refractivity contribution is 0.111. The Labute approximate surface area is 184 Å². The summed E-state index contributed by atoms with van der Waals surface area (Å²) >= 11 is 0. The second-order valence-electron chi connectivity index (χ2n) is 8.39. The standard InChI is InChI=1S/C23H30N4O3S/c1-24-31(29,30)22-9-5-8-18(12-22)15-25-23(28)26-19-13-20-10-11-21(14-19)27(20)16-17-6-3-2-4-7-17/h2-9,12,19-21,24H,10-11,13-16H2,1H3,(H2,25,26,28). The van der Waals surface area contributed by atoms with Crippen LogP contribution in [0.2, 0.25) is 0 Å². The number of nitrogens with zero attached hydrogens (tertiary/aromatic N) is 1. The van der Waals surface area contributed by atoms with Crippen molar-refractivity contribution in [3.8, 4) is 0 Å². The predicted octanol–water partition coefficient (Wildman–Crippen LogP) is 2.59. The van der Waals surface area contributed by atoms with Crippen LogP contribution in [0.1, 0.15) is 36.8 Å². The molecule has 0 aromatic heterocycles. The van der Waals surface area contributed by atoms with Gasteiger partial charge < -0.3 is 10.6 Å². The van der Waals surface area contributed by atoms with Crippen molar-refractivity contribution in [2.24, 2.45) is 0 Å². The van der Waals surface area contributed by atoms with Crippen LogP contribution in [-0.2, 0) is 23.1 Å². The number of nitrogens with one attached hydrogen (secondary N) is 3. The van der Waals surface area contributed by atoms with E-state index in [0.717, 1.165) is 24.9 Å². The van der Waals surface area contributed by atoms with Crippen LogP contribution in [0.25, 0.3) is 0 Å². The van der Waals surface area contributed by atoms with Gasteiger partial charge in [-0.25, -0.2) is 17.9 Å². The fourth-order valence-corrected chi connectivity index (χ4v) is 5.60. The predicted molar refractivity (Wildman–Crippen MR) is 120 cm³/mol. The van der Waals surface area contributed by atoms with Crippen LogP contribution in [0, 0.1) is 0 Å². The third kappa shape index (κ3) is 5.26. The molecule has 2 aliphatic rings. The summed E-state index contributed by atoms with van der Waals surface area (Å²) < 4.78 is 26.2. The highest BCUT2D eigenvalue weighted by atomic mass is 32.2. The molecule has 2 aromatic carbocycles. The Balaban J connectivity index is 1.28. The van der Waals surface area contributed by atoms with Crippen molar-refractivity contribution in [3.05, 3.63) is 65.7 Å². The van der Waals surface area contributed by atoms with Gasteiger partial charge in [-0.3, -0.25) is 4.90 Å².